The second-order valence-electron chi connectivity index (χ2n) is 12.3. The van der Waals surface area contributed by atoms with E-state index in [1.807, 2.05) is 27.0 Å². The molecule has 1 N–H and O–H groups in total. The summed E-state index contributed by atoms with van der Waals surface area (Å²) in [4.78, 5) is 31.4. The van der Waals surface area contributed by atoms with Gasteiger partial charge in [0.1, 0.15) is 6.04 Å². The Morgan fingerprint density at radius 3 is 2.19 bits per heavy atom. The number of alkyl halides is 6. The van der Waals surface area contributed by atoms with Gasteiger partial charge in [0, 0.05) is 50.0 Å². The second kappa shape index (κ2) is 12.7. The SMILES string of the molecule is Cc1ccc(CN(C)C2(C)CCN(C(=O)OC(C(F)(F)F)C(F)(F)F)CC2)c(N2CCC(N3CCC[C@H]3C(=O)O)CC2)c1. The summed E-state index contributed by atoms with van der Waals surface area (Å²) in [6, 6.07) is 6.05. The fourth-order valence-electron chi connectivity index (χ4n) is 6.53. The van der Waals surface area contributed by atoms with Gasteiger partial charge in [-0.3, -0.25) is 14.6 Å². The number of hydrogen-bond donors (Lipinski definition) is 1. The van der Waals surface area contributed by atoms with Gasteiger partial charge in [0.2, 0.25) is 0 Å². The van der Waals surface area contributed by atoms with Crippen LogP contribution in [0.2, 0.25) is 0 Å². The maximum atomic E-state index is 12.9. The number of rotatable bonds is 7. The summed E-state index contributed by atoms with van der Waals surface area (Å²) in [5, 5.41) is 9.59. The van der Waals surface area contributed by atoms with E-state index in [1.54, 1.807) is 0 Å². The number of amides is 1. The van der Waals surface area contributed by atoms with Crippen LogP contribution in [0.5, 0.6) is 0 Å². The Kier molecular flexibility index (Phi) is 9.80. The van der Waals surface area contributed by atoms with Crippen LogP contribution < -0.4 is 4.90 Å². The molecule has 1 amide bonds. The molecular weight excluding hydrogens is 582 g/mol. The van der Waals surface area contributed by atoms with Gasteiger partial charge in [0.25, 0.3) is 6.10 Å². The quantitative estimate of drug-likeness (QED) is 0.407. The highest BCUT2D eigenvalue weighted by Gasteiger charge is 2.60. The van der Waals surface area contributed by atoms with Crippen molar-refractivity contribution in [1.29, 1.82) is 0 Å². The molecule has 242 valence electrons. The van der Waals surface area contributed by atoms with Gasteiger partial charge in [0.05, 0.1) is 0 Å². The highest BCUT2D eigenvalue weighted by Crippen LogP contribution is 2.37. The zero-order valence-electron chi connectivity index (χ0n) is 24.7. The summed E-state index contributed by atoms with van der Waals surface area (Å²) in [5.41, 5.74) is 2.82. The van der Waals surface area contributed by atoms with E-state index in [0.29, 0.717) is 25.8 Å². The molecule has 1 aromatic carbocycles. The van der Waals surface area contributed by atoms with Crippen molar-refractivity contribution >= 4 is 17.7 Å². The van der Waals surface area contributed by atoms with Crippen LogP contribution in [0.3, 0.4) is 0 Å². The Hall–Kier alpha value is -2.74. The summed E-state index contributed by atoms with van der Waals surface area (Å²) >= 11 is 0. The van der Waals surface area contributed by atoms with Crippen molar-refractivity contribution in [2.45, 2.75) is 95.0 Å². The molecule has 43 heavy (non-hydrogen) atoms. The number of benzene rings is 1. The van der Waals surface area contributed by atoms with E-state index in [0.717, 1.165) is 60.6 Å². The number of piperidine rings is 2. The fourth-order valence-corrected chi connectivity index (χ4v) is 6.53. The van der Waals surface area contributed by atoms with Gasteiger partial charge in [0.15, 0.2) is 0 Å². The minimum Gasteiger partial charge on any atom is -0.480 e. The average molecular weight is 623 g/mol. The summed E-state index contributed by atoms with van der Waals surface area (Å²) < 4.78 is 81.0. The van der Waals surface area contributed by atoms with E-state index in [-0.39, 0.29) is 19.1 Å². The van der Waals surface area contributed by atoms with Crippen molar-refractivity contribution in [3.8, 4) is 0 Å². The molecule has 1 aromatic rings. The Balaban J connectivity index is 1.37. The topological polar surface area (TPSA) is 76.6 Å². The van der Waals surface area contributed by atoms with Crippen LogP contribution in [0.15, 0.2) is 18.2 Å². The smallest absolute Gasteiger partial charge is 0.434 e. The van der Waals surface area contributed by atoms with Gasteiger partial charge < -0.3 is 19.6 Å². The predicted molar refractivity (Wildman–Crippen MR) is 147 cm³/mol. The van der Waals surface area contributed by atoms with Crippen LogP contribution in [-0.4, -0.2) is 108 Å². The van der Waals surface area contributed by atoms with Gasteiger partial charge in [-0.25, -0.2) is 4.79 Å². The zero-order chi connectivity index (χ0) is 31.7. The first-order chi connectivity index (χ1) is 20.0. The molecule has 0 spiro atoms. The molecule has 3 saturated heterocycles. The number of likely N-dealkylation sites (tertiary alicyclic amines) is 2. The number of carboxylic acid groups (broad SMARTS) is 1. The maximum Gasteiger partial charge on any atom is 0.434 e. The third-order valence-corrected chi connectivity index (χ3v) is 9.34. The lowest BCUT2D eigenvalue weighted by atomic mass is 9.87. The largest absolute Gasteiger partial charge is 0.480 e. The molecule has 0 aliphatic carbocycles. The van der Waals surface area contributed by atoms with Crippen LogP contribution in [0, 0.1) is 6.92 Å². The molecule has 3 fully saturated rings. The number of aliphatic carboxylic acids is 1. The van der Waals surface area contributed by atoms with Crippen molar-refractivity contribution in [2.75, 3.05) is 44.7 Å². The number of carbonyl (C=O) groups excluding carboxylic acids is 1. The lowest BCUT2D eigenvalue weighted by molar-refractivity contribution is -0.308. The van der Waals surface area contributed by atoms with Crippen LogP contribution in [-0.2, 0) is 16.1 Å². The molecule has 1 atom stereocenters. The van der Waals surface area contributed by atoms with E-state index in [9.17, 15) is 41.0 Å². The molecule has 3 aliphatic heterocycles. The number of carbonyl (C=O) groups is 2. The molecule has 0 aromatic heterocycles. The number of halogens is 6. The van der Waals surface area contributed by atoms with Gasteiger partial charge in [-0.1, -0.05) is 12.1 Å². The maximum absolute atomic E-state index is 12.9. The Bertz CT molecular complexity index is 1130. The number of carboxylic acids is 1. The third kappa shape index (κ3) is 7.68. The van der Waals surface area contributed by atoms with E-state index >= 15 is 0 Å². The Morgan fingerprint density at radius 2 is 1.63 bits per heavy atom. The van der Waals surface area contributed by atoms with Crippen LogP contribution >= 0.6 is 0 Å². The van der Waals surface area contributed by atoms with E-state index in [4.69, 9.17) is 0 Å². The van der Waals surface area contributed by atoms with E-state index < -0.39 is 42.1 Å². The number of nitrogens with zero attached hydrogens (tertiary/aromatic N) is 4. The molecule has 0 saturated carbocycles. The lowest BCUT2D eigenvalue weighted by Crippen LogP contribution is -2.54. The monoisotopic (exact) mass is 622 g/mol. The number of aryl methyl sites for hydroxylation is 1. The van der Waals surface area contributed by atoms with Crippen molar-refractivity contribution in [3.05, 3.63) is 29.3 Å². The summed E-state index contributed by atoms with van der Waals surface area (Å²) in [5.74, 6) is -0.757. The highest BCUT2D eigenvalue weighted by molar-refractivity contribution is 5.74. The van der Waals surface area contributed by atoms with Gasteiger partial charge in [-0.05, 0) is 83.2 Å². The van der Waals surface area contributed by atoms with Crippen LogP contribution in [0.4, 0.5) is 36.8 Å². The normalized spacial score (nSPS) is 22.4. The zero-order valence-corrected chi connectivity index (χ0v) is 24.7. The van der Waals surface area contributed by atoms with E-state index in [1.165, 1.54) is 0 Å². The van der Waals surface area contributed by atoms with Gasteiger partial charge >= 0.3 is 24.4 Å². The molecule has 0 radical (unpaired) electrons. The number of hydrogen-bond acceptors (Lipinski definition) is 6. The molecule has 8 nitrogen and oxygen atoms in total. The molecule has 0 bridgehead atoms. The number of anilines is 1. The Labute approximate surface area is 247 Å². The van der Waals surface area contributed by atoms with E-state index in [2.05, 4.69) is 31.6 Å². The van der Waals surface area contributed by atoms with Crippen molar-refractivity contribution in [2.24, 2.45) is 0 Å². The lowest BCUT2D eigenvalue weighted by Gasteiger charge is -2.45. The minimum absolute atomic E-state index is 0.0375. The molecule has 14 heteroatoms. The summed E-state index contributed by atoms with van der Waals surface area (Å²) in [7, 11) is 1.92. The summed E-state index contributed by atoms with van der Waals surface area (Å²) in [6.45, 7) is 6.85. The van der Waals surface area contributed by atoms with Crippen LogP contribution in [0.1, 0.15) is 56.6 Å². The predicted octanol–water partition coefficient (Wildman–Crippen LogP) is 5.43. The Morgan fingerprint density at radius 1 is 1.02 bits per heavy atom. The molecule has 3 aliphatic rings. The fraction of sp³-hybridized carbons (Fsp3) is 0.724. The molecular formula is C29H40F6N4O4. The second-order valence-corrected chi connectivity index (χ2v) is 12.3. The standard InChI is InChI=1S/C29H40F6N4O4/c1-19-6-7-20(23(17-19)37-13-8-21(9-14-37)39-12-4-5-22(39)24(40)41)18-36(3)27(2)10-15-38(16-11-27)26(42)43-25(28(30,31)32)29(33,34)35/h6-7,17,21-22,25H,4-5,8-16,18H2,1-3H3,(H,40,41)/t22-/m0/s1. The van der Waals surface area contributed by atoms with Crippen molar-refractivity contribution in [3.63, 3.8) is 0 Å². The van der Waals surface area contributed by atoms with Crippen molar-refractivity contribution < 1.29 is 45.8 Å². The summed E-state index contributed by atoms with van der Waals surface area (Å²) in [6.07, 6.45) is -13.3. The highest BCUT2D eigenvalue weighted by atomic mass is 19.4. The minimum atomic E-state index is -5.76. The average Bonchev–Trinajstić information content (AvgIpc) is 3.42. The van der Waals surface area contributed by atoms with Crippen molar-refractivity contribution in [1.82, 2.24) is 14.7 Å². The molecule has 4 rings (SSSR count). The molecule has 0 unspecified atom stereocenters. The number of ether oxygens (including phenoxy) is 1. The van der Waals surface area contributed by atoms with Gasteiger partial charge in [-0.2, -0.15) is 26.3 Å². The first-order valence-electron chi connectivity index (χ1n) is 14.6. The first-order valence-corrected chi connectivity index (χ1v) is 14.6. The first kappa shape index (κ1) is 33.2. The van der Waals surface area contributed by atoms with Gasteiger partial charge in [-0.15, -0.1) is 0 Å². The third-order valence-electron chi connectivity index (χ3n) is 9.34. The molecule has 3 heterocycles. The van der Waals surface area contributed by atoms with Crippen LogP contribution in [0.25, 0.3) is 0 Å².